The second-order valence-electron chi connectivity index (χ2n) is 6.18. The van der Waals surface area contributed by atoms with Crippen LogP contribution >= 0.6 is 15.9 Å². The molecule has 0 amide bonds. The fourth-order valence-electron chi connectivity index (χ4n) is 3.15. The van der Waals surface area contributed by atoms with Gasteiger partial charge in [0.15, 0.2) is 0 Å². The number of pyridine rings is 1. The molecule has 1 aromatic carbocycles. The molecule has 0 radical (unpaired) electrons. The van der Waals surface area contributed by atoms with E-state index in [1.54, 1.807) is 13.1 Å². The number of carbonyl (C=O) groups excluding carboxylic acids is 1. The number of hydrogen-bond donors (Lipinski definition) is 2. The van der Waals surface area contributed by atoms with Crippen LogP contribution in [0.1, 0.15) is 43.0 Å². The minimum atomic E-state index is -0.345. The predicted molar refractivity (Wildman–Crippen MR) is 99.3 cm³/mol. The van der Waals surface area contributed by atoms with E-state index in [0.717, 1.165) is 46.7 Å². The van der Waals surface area contributed by atoms with Gasteiger partial charge in [0, 0.05) is 28.1 Å². The van der Waals surface area contributed by atoms with Crippen molar-refractivity contribution in [3.05, 3.63) is 34.4 Å². The number of nitrogens with two attached hydrogens (primary N) is 1. The molecule has 0 aliphatic heterocycles. The SMILES string of the molecule is CCOC(=O)c1cnc2ccc(Br)cc2c1N[C@H]1CC[C@@H](N)CC1. The van der Waals surface area contributed by atoms with Gasteiger partial charge in [0.2, 0.25) is 0 Å². The number of anilines is 1. The molecule has 3 N–H and O–H groups in total. The third-order valence-electron chi connectivity index (χ3n) is 4.45. The Morgan fingerprint density at radius 2 is 2.12 bits per heavy atom. The smallest absolute Gasteiger partial charge is 0.341 e. The van der Waals surface area contributed by atoms with Gasteiger partial charge >= 0.3 is 5.97 Å². The molecule has 1 aliphatic rings. The summed E-state index contributed by atoms with van der Waals surface area (Å²) >= 11 is 3.50. The summed E-state index contributed by atoms with van der Waals surface area (Å²) in [5.74, 6) is -0.345. The zero-order chi connectivity index (χ0) is 17.1. The first kappa shape index (κ1) is 17.2. The lowest BCUT2D eigenvalue weighted by molar-refractivity contribution is 0.0527. The van der Waals surface area contributed by atoms with E-state index in [0.29, 0.717) is 18.2 Å². The van der Waals surface area contributed by atoms with Crippen LogP contribution in [0.5, 0.6) is 0 Å². The maximum atomic E-state index is 12.4. The van der Waals surface area contributed by atoms with Crippen LogP contribution in [-0.2, 0) is 4.74 Å². The summed E-state index contributed by atoms with van der Waals surface area (Å²) in [5, 5.41) is 4.48. The van der Waals surface area contributed by atoms with Crippen LogP contribution in [0, 0.1) is 0 Å². The van der Waals surface area contributed by atoms with Gasteiger partial charge in [-0.05, 0) is 50.8 Å². The monoisotopic (exact) mass is 391 g/mol. The van der Waals surface area contributed by atoms with E-state index in [1.165, 1.54) is 0 Å². The van der Waals surface area contributed by atoms with Gasteiger partial charge < -0.3 is 15.8 Å². The summed E-state index contributed by atoms with van der Waals surface area (Å²) in [5.41, 5.74) is 8.14. The quantitative estimate of drug-likeness (QED) is 0.773. The Balaban J connectivity index is 2.01. The molecule has 0 saturated heterocycles. The van der Waals surface area contributed by atoms with Crippen LogP contribution in [0.2, 0.25) is 0 Å². The van der Waals surface area contributed by atoms with E-state index >= 15 is 0 Å². The van der Waals surface area contributed by atoms with E-state index in [-0.39, 0.29) is 12.0 Å². The highest BCUT2D eigenvalue weighted by atomic mass is 79.9. The number of halogens is 1. The van der Waals surface area contributed by atoms with Gasteiger partial charge in [-0.2, -0.15) is 0 Å². The number of hydrogen-bond acceptors (Lipinski definition) is 5. The number of fused-ring (bicyclic) bond motifs is 1. The molecule has 2 aromatic rings. The van der Waals surface area contributed by atoms with Crippen molar-refractivity contribution in [3.63, 3.8) is 0 Å². The van der Waals surface area contributed by atoms with Crippen LogP contribution in [0.4, 0.5) is 5.69 Å². The molecule has 0 bridgehead atoms. The summed E-state index contributed by atoms with van der Waals surface area (Å²) in [6.45, 7) is 2.14. The first-order chi connectivity index (χ1) is 11.6. The summed E-state index contributed by atoms with van der Waals surface area (Å²) in [7, 11) is 0. The van der Waals surface area contributed by atoms with Crippen LogP contribution in [-0.4, -0.2) is 29.6 Å². The molecule has 6 heteroatoms. The molecule has 0 unspecified atom stereocenters. The molecule has 1 fully saturated rings. The van der Waals surface area contributed by atoms with Crippen molar-refractivity contribution >= 4 is 38.5 Å². The molecule has 0 spiro atoms. The molecule has 3 rings (SSSR count). The molecule has 5 nitrogen and oxygen atoms in total. The van der Waals surface area contributed by atoms with Crippen molar-refractivity contribution in [2.24, 2.45) is 5.73 Å². The summed E-state index contributed by atoms with van der Waals surface area (Å²) in [6, 6.07) is 6.47. The number of carbonyl (C=O) groups is 1. The van der Waals surface area contributed by atoms with Gasteiger partial charge in [0.05, 0.1) is 17.8 Å². The van der Waals surface area contributed by atoms with Crippen LogP contribution in [0.25, 0.3) is 10.9 Å². The minimum absolute atomic E-state index is 0.288. The van der Waals surface area contributed by atoms with Crippen LogP contribution < -0.4 is 11.1 Å². The molecule has 0 atom stereocenters. The van der Waals surface area contributed by atoms with Crippen LogP contribution in [0.15, 0.2) is 28.9 Å². The molecule has 24 heavy (non-hydrogen) atoms. The number of esters is 1. The van der Waals surface area contributed by atoms with Crippen molar-refractivity contribution in [2.45, 2.75) is 44.7 Å². The molecular weight excluding hydrogens is 370 g/mol. The Morgan fingerprint density at radius 3 is 2.83 bits per heavy atom. The maximum Gasteiger partial charge on any atom is 0.341 e. The van der Waals surface area contributed by atoms with Crippen LogP contribution in [0.3, 0.4) is 0 Å². The predicted octanol–water partition coefficient (Wildman–Crippen LogP) is 3.86. The Kier molecular flexibility index (Phi) is 5.36. The highest BCUT2D eigenvalue weighted by Gasteiger charge is 2.23. The van der Waals surface area contributed by atoms with Gasteiger partial charge in [-0.1, -0.05) is 15.9 Å². The maximum absolute atomic E-state index is 12.4. The van der Waals surface area contributed by atoms with Crippen molar-refractivity contribution in [1.29, 1.82) is 0 Å². The van der Waals surface area contributed by atoms with E-state index in [1.807, 2.05) is 18.2 Å². The zero-order valence-corrected chi connectivity index (χ0v) is 15.3. The Hall–Kier alpha value is -1.66. The summed E-state index contributed by atoms with van der Waals surface area (Å²) in [4.78, 5) is 16.8. The molecular formula is C18H22BrN3O2. The fraction of sp³-hybridized carbons (Fsp3) is 0.444. The average Bonchev–Trinajstić information content (AvgIpc) is 2.57. The molecule has 1 saturated carbocycles. The van der Waals surface area contributed by atoms with Crippen molar-refractivity contribution in [1.82, 2.24) is 4.98 Å². The number of nitrogens with zero attached hydrogens (tertiary/aromatic N) is 1. The third kappa shape index (κ3) is 3.70. The number of ether oxygens (including phenoxy) is 1. The lowest BCUT2D eigenvalue weighted by Crippen LogP contribution is -2.33. The zero-order valence-electron chi connectivity index (χ0n) is 13.7. The first-order valence-electron chi connectivity index (χ1n) is 8.36. The third-order valence-corrected chi connectivity index (χ3v) is 4.94. The lowest BCUT2D eigenvalue weighted by atomic mass is 9.91. The molecule has 1 aromatic heterocycles. The Labute approximate surface area is 150 Å². The number of benzene rings is 1. The standard InChI is InChI=1S/C18H22BrN3O2/c1-2-24-18(23)15-10-21-16-8-3-11(19)9-14(16)17(15)22-13-6-4-12(20)5-7-13/h3,8-10,12-13H,2,4-7,20H2,1H3,(H,21,22)/t12-,13+. The van der Waals surface area contributed by atoms with Crippen molar-refractivity contribution < 1.29 is 9.53 Å². The summed E-state index contributed by atoms with van der Waals surface area (Å²) in [6.07, 6.45) is 5.60. The molecule has 128 valence electrons. The Bertz CT molecular complexity index is 742. The number of nitrogens with one attached hydrogen (secondary N) is 1. The van der Waals surface area contributed by atoms with Gasteiger partial charge in [-0.3, -0.25) is 4.98 Å². The van der Waals surface area contributed by atoms with Crippen molar-refractivity contribution in [3.8, 4) is 0 Å². The lowest BCUT2D eigenvalue weighted by Gasteiger charge is -2.28. The average molecular weight is 392 g/mol. The van der Waals surface area contributed by atoms with E-state index < -0.39 is 0 Å². The second-order valence-corrected chi connectivity index (χ2v) is 7.10. The summed E-state index contributed by atoms with van der Waals surface area (Å²) < 4.78 is 6.15. The van der Waals surface area contributed by atoms with E-state index in [2.05, 4.69) is 26.2 Å². The normalized spacial score (nSPS) is 20.8. The second kappa shape index (κ2) is 7.49. The topological polar surface area (TPSA) is 77.2 Å². The fourth-order valence-corrected chi connectivity index (χ4v) is 3.51. The number of aromatic nitrogens is 1. The molecule has 1 heterocycles. The van der Waals surface area contributed by atoms with Gasteiger partial charge in [-0.15, -0.1) is 0 Å². The highest BCUT2D eigenvalue weighted by Crippen LogP contribution is 2.31. The van der Waals surface area contributed by atoms with E-state index in [4.69, 9.17) is 10.5 Å². The number of rotatable bonds is 4. The highest BCUT2D eigenvalue weighted by molar-refractivity contribution is 9.10. The molecule has 1 aliphatic carbocycles. The minimum Gasteiger partial charge on any atom is -0.462 e. The Morgan fingerprint density at radius 1 is 1.38 bits per heavy atom. The first-order valence-corrected chi connectivity index (χ1v) is 9.15. The van der Waals surface area contributed by atoms with Gasteiger partial charge in [0.1, 0.15) is 5.56 Å². The largest absolute Gasteiger partial charge is 0.462 e. The van der Waals surface area contributed by atoms with Crippen molar-refractivity contribution in [2.75, 3.05) is 11.9 Å². The van der Waals surface area contributed by atoms with E-state index in [9.17, 15) is 4.79 Å². The van der Waals surface area contributed by atoms with Gasteiger partial charge in [-0.25, -0.2) is 4.79 Å². The van der Waals surface area contributed by atoms with Gasteiger partial charge in [0.25, 0.3) is 0 Å².